The van der Waals surface area contributed by atoms with E-state index >= 15 is 0 Å². The van der Waals surface area contributed by atoms with E-state index in [4.69, 9.17) is 4.74 Å². The minimum atomic E-state index is -0.512. The number of ether oxygens (including phenoxy) is 1. The summed E-state index contributed by atoms with van der Waals surface area (Å²) in [4.78, 5) is 28.1. The summed E-state index contributed by atoms with van der Waals surface area (Å²) in [5, 5.41) is 11.2. The second kappa shape index (κ2) is 7.61. The van der Waals surface area contributed by atoms with Crippen molar-refractivity contribution < 1.29 is 14.5 Å². The van der Waals surface area contributed by atoms with Crippen LogP contribution in [0, 0.1) is 10.1 Å². The maximum absolute atomic E-state index is 12.9. The Labute approximate surface area is 154 Å². The van der Waals surface area contributed by atoms with Gasteiger partial charge in [0.15, 0.2) is 5.75 Å². The number of nitrogens with zero attached hydrogens (tertiary/aromatic N) is 3. The Morgan fingerprint density at radius 3 is 2.54 bits per heavy atom. The van der Waals surface area contributed by atoms with Gasteiger partial charge >= 0.3 is 5.69 Å². The lowest BCUT2D eigenvalue weighted by atomic mass is 10.0. The lowest BCUT2D eigenvalue weighted by Crippen LogP contribution is -2.52. The van der Waals surface area contributed by atoms with Crippen LogP contribution in [0.25, 0.3) is 0 Å². The molecule has 26 heavy (non-hydrogen) atoms. The smallest absolute Gasteiger partial charge is 0.311 e. The number of hydrogen-bond donors (Lipinski definition) is 0. The summed E-state index contributed by atoms with van der Waals surface area (Å²) in [6.07, 6.45) is 4.47. The van der Waals surface area contributed by atoms with Gasteiger partial charge in [-0.2, -0.15) is 0 Å². The van der Waals surface area contributed by atoms with Crippen LogP contribution in [0.4, 0.5) is 5.69 Å². The maximum Gasteiger partial charge on any atom is 0.311 e. The number of amides is 1. The summed E-state index contributed by atoms with van der Waals surface area (Å²) in [6, 6.07) is 5.90. The van der Waals surface area contributed by atoms with E-state index in [1.807, 2.05) is 4.90 Å². The molecule has 0 bridgehead atoms. The number of methoxy groups -OCH3 is 1. The van der Waals surface area contributed by atoms with Crippen LogP contribution in [0.15, 0.2) is 18.2 Å². The van der Waals surface area contributed by atoms with Gasteiger partial charge in [-0.25, -0.2) is 0 Å². The zero-order valence-electron chi connectivity index (χ0n) is 15.7. The van der Waals surface area contributed by atoms with Crippen LogP contribution in [0.5, 0.6) is 5.75 Å². The Bertz CT molecular complexity index is 683. The number of carbonyl (C=O) groups is 1. The highest BCUT2D eigenvalue weighted by Crippen LogP contribution is 2.31. The number of likely N-dealkylation sites (tertiary alicyclic amines) is 2. The van der Waals surface area contributed by atoms with E-state index in [-0.39, 0.29) is 17.3 Å². The van der Waals surface area contributed by atoms with Gasteiger partial charge in [0, 0.05) is 42.8 Å². The fourth-order valence-corrected chi connectivity index (χ4v) is 4.47. The SMILES string of the molecule is COc1ccc(C(=O)N2CCC[C@@H](N3[C@H](C)CC[C@@H]3C)C2)cc1[N+](=O)[O-]. The molecule has 3 rings (SSSR count). The van der Waals surface area contributed by atoms with Crippen molar-refractivity contribution in [3.8, 4) is 5.75 Å². The first kappa shape index (κ1) is 18.6. The van der Waals surface area contributed by atoms with Crippen molar-refractivity contribution in [2.75, 3.05) is 20.2 Å². The molecule has 0 radical (unpaired) electrons. The van der Waals surface area contributed by atoms with Crippen molar-refractivity contribution in [3.05, 3.63) is 33.9 Å². The first-order valence-corrected chi connectivity index (χ1v) is 9.31. The number of rotatable bonds is 4. The van der Waals surface area contributed by atoms with Crippen molar-refractivity contribution in [3.63, 3.8) is 0 Å². The minimum absolute atomic E-state index is 0.139. The normalized spacial score (nSPS) is 26.7. The van der Waals surface area contributed by atoms with E-state index in [1.54, 1.807) is 6.07 Å². The van der Waals surface area contributed by atoms with E-state index in [1.165, 1.54) is 32.1 Å². The van der Waals surface area contributed by atoms with E-state index in [0.717, 1.165) is 12.8 Å². The van der Waals surface area contributed by atoms with Gasteiger partial charge in [-0.3, -0.25) is 19.8 Å². The van der Waals surface area contributed by atoms with Crippen LogP contribution in [0.2, 0.25) is 0 Å². The summed E-state index contributed by atoms with van der Waals surface area (Å²) in [6.45, 7) is 5.91. The van der Waals surface area contributed by atoms with Gasteiger partial charge in [0.25, 0.3) is 5.91 Å². The fourth-order valence-electron chi connectivity index (χ4n) is 4.47. The Morgan fingerprint density at radius 2 is 1.92 bits per heavy atom. The highest BCUT2D eigenvalue weighted by molar-refractivity contribution is 5.95. The monoisotopic (exact) mass is 361 g/mol. The van der Waals surface area contributed by atoms with E-state index in [2.05, 4.69) is 18.7 Å². The average molecular weight is 361 g/mol. The van der Waals surface area contributed by atoms with Gasteiger partial charge in [-0.1, -0.05) is 0 Å². The number of nitro groups is 1. The zero-order valence-corrected chi connectivity index (χ0v) is 15.7. The van der Waals surface area contributed by atoms with Crippen molar-refractivity contribution in [1.29, 1.82) is 0 Å². The van der Waals surface area contributed by atoms with Gasteiger partial charge < -0.3 is 9.64 Å². The largest absolute Gasteiger partial charge is 0.490 e. The topological polar surface area (TPSA) is 75.9 Å². The summed E-state index contributed by atoms with van der Waals surface area (Å²) >= 11 is 0. The van der Waals surface area contributed by atoms with Gasteiger partial charge in [0.2, 0.25) is 0 Å². The van der Waals surface area contributed by atoms with Crippen LogP contribution >= 0.6 is 0 Å². The first-order chi connectivity index (χ1) is 12.4. The molecule has 1 aromatic rings. The molecule has 0 spiro atoms. The summed E-state index contributed by atoms with van der Waals surface area (Å²) in [5.74, 6) is 0.0303. The maximum atomic E-state index is 12.9. The van der Waals surface area contributed by atoms with Crippen molar-refractivity contribution in [1.82, 2.24) is 9.80 Å². The van der Waals surface area contributed by atoms with Crippen LogP contribution in [0.1, 0.15) is 49.9 Å². The Balaban J connectivity index is 1.77. The third-order valence-electron chi connectivity index (χ3n) is 5.75. The number of nitro benzene ring substituents is 1. The number of carbonyl (C=O) groups excluding carboxylic acids is 1. The van der Waals surface area contributed by atoms with Crippen LogP contribution in [-0.2, 0) is 0 Å². The molecule has 2 fully saturated rings. The molecule has 0 N–H and O–H groups in total. The van der Waals surface area contributed by atoms with Gasteiger partial charge in [-0.15, -0.1) is 0 Å². The van der Waals surface area contributed by atoms with Crippen LogP contribution in [-0.4, -0.2) is 59.0 Å². The Kier molecular flexibility index (Phi) is 5.46. The molecule has 7 heteroatoms. The van der Waals surface area contributed by atoms with Crippen molar-refractivity contribution in [2.45, 2.75) is 57.7 Å². The van der Waals surface area contributed by atoms with E-state index < -0.39 is 4.92 Å². The van der Waals surface area contributed by atoms with Gasteiger partial charge in [0.1, 0.15) is 0 Å². The number of piperidine rings is 1. The Morgan fingerprint density at radius 1 is 1.23 bits per heavy atom. The second-order valence-electron chi connectivity index (χ2n) is 7.41. The average Bonchev–Trinajstić information content (AvgIpc) is 2.99. The summed E-state index contributed by atoms with van der Waals surface area (Å²) in [5.41, 5.74) is 0.175. The highest BCUT2D eigenvalue weighted by Gasteiger charge is 2.36. The molecule has 7 nitrogen and oxygen atoms in total. The molecule has 3 atom stereocenters. The summed E-state index contributed by atoms with van der Waals surface area (Å²) in [7, 11) is 1.39. The van der Waals surface area contributed by atoms with Gasteiger partial charge in [0.05, 0.1) is 12.0 Å². The highest BCUT2D eigenvalue weighted by atomic mass is 16.6. The molecule has 142 valence electrons. The lowest BCUT2D eigenvalue weighted by molar-refractivity contribution is -0.385. The molecular formula is C19H27N3O4. The second-order valence-corrected chi connectivity index (χ2v) is 7.41. The zero-order chi connectivity index (χ0) is 18.8. The molecule has 1 aromatic carbocycles. The molecule has 0 unspecified atom stereocenters. The number of benzene rings is 1. The van der Waals surface area contributed by atoms with E-state index in [9.17, 15) is 14.9 Å². The van der Waals surface area contributed by atoms with Gasteiger partial charge in [-0.05, 0) is 51.7 Å². The van der Waals surface area contributed by atoms with Crippen molar-refractivity contribution in [2.24, 2.45) is 0 Å². The van der Waals surface area contributed by atoms with E-state index in [0.29, 0.717) is 36.8 Å². The molecule has 0 aliphatic carbocycles. The standard InChI is InChI=1S/C19H27N3O4/c1-13-6-7-14(2)21(13)16-5-4-10-20(12-16)19(23)15-8-9-18(26-3)17(11-15)22(24)25/h8-9,11,13-14,16H,4-7,10,12H2,1-3H3/t13-,14+,16-/m1/s1. The molecule has 1 amide bonds. The van der Waals surface area contributed by atoms with Crippen molar-refractivity contribution >= 4 is 11.6 Å². The molecule has 2 aliphatic rings. The first-order valence-electron chi connectivity index (χ1n) is 9.31. The molecule has 0 saturated carbocycles. The molecule has 2 heterocycles. The molecule has 2 aliphatic heterocycles. The predicted molar refractivity (Wildman–Crippen MR) is 98.6 cm³/mol. The minimum Gasteiger partial charge on any atom is -0.490 e. The summed E-state index contributed by atoms with van der Waals surface area (Å²) < 4.78 is 5.02. The Hall–Kier alpha value is -2.15. The predicted octanol–water partition coefficient (Wildman–Crippen LogP) is 3.08. The number of hydrogen-bond acceptors (Lipinski definition) is 5. The fraction of sp³-hybridized carbons (Fsp3) is 0.632. The molecular weight excluding hydrogens is 334 g/mol. The van der Waals surface area contributed by atoms with Crippen LogP contribution < -0.4 is 4.74 Å². The quantitative estimate of drug-likeness (QED) is 0.608. The third kappa shape index (κ3) is 3.53. The lowest BCUT2D eigenvalue weighted by Gasteiger charge is -2.41. The molecule has 0 aromatic heterocycles. The molecule has 2 saturated heterocycles. The van der Waals surface area contributed by atoms with Crippen LogP contribution in [0.3, 0.4) is 0 Å². The third-order valence-corrected chi connectivity index (χ3v) is 5.75.